The molecule has 0 heterocycles. The number of rotatable bonds is 85. The molecular formula is C86H168O17P2. The van der Waals surface area contributed by atoms with Crippen molar-refractivity contribution >= 4 is 39.5 Å². The molecule has 0 aliphatic heterocycles. The van der Waals surface area contributed by atoms with Crippen LogP contribution in [-0.4, -0.2) is 96.7 Å². The first kappa shape index (κ1) is 103. The van der Waals surface area contributed by atoms with Crippen LogP contribution in [0.15, 0.2) is 0 Å². The summed E-state index contributed by atoms with van der Waals surface area (Å²) in [5, 5.41) is 10.7. The number of esters is 4. The van der Waals surface area contributed by atoms with Gasteiger partial charge in [0.1, 0.15) is 19.3 Å². The average molecular weight is 1540 g/mol. The molecule has 3 N–H and O–H groups in total. The Bertz CT molecular complexity index is 2010. The number of unbranched alkanes of at least 4 members (excludes halogenated alkanes) is 54. The fraction of sp³-hybridized carbons (Fsp3) is 0.953. The first-order valence-corrected chi connectivity index (χ1v) is 47.5. The monoisotopic (exact) mass is 1540 g/mol. The van der Waals surface area contributed by atoms with Gasteiger partial charge in [0, 0.05) is 25.7 Å². The van der Waals surface area contributed by atoms with Crippen molar-refractivity contribution in [2.45, 2.75) is 477 Å². The molecule has 0 aromatic rings. The van der Waals surface area contributed by atoms with Crippen LogP contribution in [0.25, 0.3) is 0 Å². The van der Waals surface area contributed by atoms with E-state index in [1.54, 1.807) is 0 Å². The lowest BCUT2D eigenvalue weighted by Gasteiger charge is -2.21. The second kappa shape index (κ2) is 77.4. The van der Waals surface area contributed by atoms with Gasteiger partial charge in [0.25, 0.3) is 0 Å². The van der Waals surface area contributed by atoms with Crippen molar-refractivity contribution in [1.29, 1.82) is 0 Å². The summed E-state index contributed by atoms with van der Waals surface area (Å²) >= 11 is 0. The van der Waals surface area contributed by atoms with Crippen LogP contribution >= 0.6 is 15.6 Å². The molecule has 624 valence electrons. The molecule has 17 nitrogen and oxygen atoms in total. The highest BCUT2D eigenvalue weighted by Crippen LogP contribution is 2.45. The third kappa shape index (κ3) is 78.5. The molecule has 19 heteroatoms. The van der Waals surface area contributed by atoms with Gasteiger partial charge in [-0.2, -0.15) is 0 Å². The number of phosphoric ester groups is 2. The number of hydrogen-bond acceptors (Lipinski definition) is 15. The smallest absolute Gasteiger partial charge is 0.462 e. The van der Waals surface area contributed by atoms with Crippen molar-refractivity contribution in [3.63, 3.8) is 0 Å². The molecule has 0 saturated heterocycles. The van der Waals surface area contributed by atoms with Gasteiger partial charge in [-0.1, -0.05) is 408 Å². The summed E-state index contributed by atoms with van der Waals surface area (Å²) in [5.41, 5.74) is 0. The number of aliphatic hydroxyl groups excluding tert-OH is 1. The fourth-order valence-electron chi connectivity index (χ4n) is 13.4. The summed E-state index contributed by atoms with van der Waals surface area (Å²) in [6, 6.07) is 0. The minimum absolute atomic E-state index is 0.108. The number of ether oxygens (including phenoxy) is 4. The van der Waals surface area contributed by atoms with Gasteiger partial charge < -0.3 is 33.8 Å². The van der Waals surface area contributed by atoms with E-state index in [1.165, 1.54) is 276 Å². The molecule has 0 radical (unpaired) electrons. The maximum atomic E-state index is 13.1. The number of carbonyl (C=O) groups is 4. The third-order valence-corrected chi connectivity index (χ3v) is 22.5. The molecule has 0 aliphatic carbocycles. The number of hydrogen-bond donors (Lipinski definition) is 3. The van der Waals surface area contributed by atoms with Crippen LogP contribution in [0.1, 0.15) is 459 Å². The standard InChI is InChI=1S/C86H168O17P2/c1-7-10-12-14-16-18-20-31-40-46-52-58-64-70-85(90)102-81(74-96-83(88)68-62-56-50-44-36-19-17-15-13-11-8-2)76-100-104(92,93)98-72-80(87)73-99-105(94,95)101-77-82(75-97-84(89)69-63-57-51-45-39-34-29-26-25-27-32-37-42-48-54-60-66-78(4)5)103-86(91)71-65-59-53-47-41-35-30-24-22-21-23-28-33-38-43-49-55-61-67-79(6)9-3/h78-82,87H,7-77H2,1-6H3,(H,92,93)(H,94,95)/t79?,80-,81+,82+/m0/s1. The second-order valence-corrected chi connectivity index (χ2v) is 34.6. The Balaban J connectivity index is 5.22. The predicted molar refractivity (Wildman–Crippen MR) is 432 cm³/mol. The molecule has 3 unspecified atom stereocenters. The Morgan fingerprint density at radius 3 is 0.724 bits per heavy atom. The summed E-state index contributed by atoms with van der Waals surface area (Å²) in [4.78, 5) is 73.2. The van der Waals surface area contributed by atoms with Gasteiger partial charge in [-0.3, -0.25) is 37.3 Å². The molecule has 0 bridgehead atoms. The molecule has 0 fully saturated rings. The lowest BCUT2D eigenvalue weighted by Crippen LogP contribution is -2.30. The van der Waals surface area contributed by atoms with E-state index in [0.717, 1.165) is 102 Å². The van der Waals surface area contributed by atoms with E-state index < -0.39 is 97.5 Å². The second-order valence-electron chi connectivity index (χ2n) is 31.6. The summed E-state index contributed by atoms with van der Waals surface area (Å²) < 4.78 is 68.9. The van der Waals surface area contributed by atoms with Gasteiger partial charge in [-0.15, -0.1) is 0 Å². The average Bonchev–Trinajstić information content (AvgIpc) is 0.908. The normalized spacial score (nSPS) is 14.1. The SMILES string of the molecule is CCCCCCCCCCCCCCCC(=O)O[C@H](COC(=O)CCCCCCCCCCCCC)COP(=O)(O)OC[C@H](O)COP(=O)(O)OC[C@@H](COC(=O)CCCCCCCCCCCCCCCCCCC(C)C)OC(=O)CCCCCCCCCCCCCCCCCCCCC(C)CC. The number of phosphoric acid groups is 2. The maximum absolute atomic E-state index is 13.1. The lowest BCUT2D eigenvalue weighted by atomic mass is 9.99. The van der Waals surface area contributed by atoms with Crippen LogP contribution in [0.2, 0.25) is 0 Å². The molecule has 0 amide bonds. The van der Waals surface area contributed by atoms with Gasteiger partial charge in [0.05, 0.1) is 26.4 Å². The molecule has 0 spiro atoms. The first-order chi connectivity index (χ1) is 50.9. The van der Waals surface area contributed by atoms with Crippen LogP contribution in [0.3, 0.4) is 0 Å². The largest absolute Gasteiger partial charge is 0.472 e. The van der Waals surface area contributed by atoms with Gasteiger partial charge in [0.2, 0.25) is 0 Å². The topological polar surface area (TPSA) is 237 Å². The van der Waals surface area contributed by atoms with Crippen LogP contribution in [-0.2, 0) is 65.4 Å². The number of carbonyl (C=O) groups excluding carboxylic acids is 4. The quantitative estimate of drug-likeness (QED) is 0.0222. The highest BCUT2D eigenvalue weighted by atomic mass is 31.2. The van der Waals surface area contributed by atoms with Crippen LogP contribution in [0.4, 0.5) is 0 Å². The van der Waals surface area contributed by atoms with Gasteiger partial charge >= 0.3 is 39.5 Å². The maximum Gasteiger partial charge on any atom is 0.472 e. The Hall–Kier alpha value is -1.94. The van der Waals surface area contributed by atoms with E-state index in [4.69, 9.17) is 37.0 Å². The van der Waals surface area contributed by atoms with Crippen molar-refractivity contribution in [3.05, 3.63) is 0 Å². The van der Waals surface area contributed by atoms with Crippen LogP contribution in [0.5, 0.6) is 0 Å². The van der Waals surface area contributed by atoms with E-state index in [-0.39, 0.29) is 25.7 Å². The Morgan fingerprint density at radius 2 is 0.486 bits per heavy atom. The van der Waals surface area contributed by atoms with E-state index >= 15 is 0 Å². The fourth-order valence-corrected chi connectivity index (χ4v) is 15.0. The Labute approximate surface area is 645 Å². The minimum atomic E-state index is -4.97. The summed E-state index contributed by atoms with van der Waals surface area (Å²) in [7, 11) is -9.93. The first-order valence-electron chi connectivity index (χ1n) is 44.5. The molecule has 0 saturated carbocycles. The highest BCUT2D eigenvalue weighted by molar-refractivity contribution is 7.47. The molecule has 0 aliphatic rings. The van der Waals surface area contributed by atoms with E-state index in [9.17, 15) is 43.2 Å². The van der Waals surface area contributed by atoms with Gasteiger partial charge in [-0.05, 0) is 37.5 Å². The zero-order valence-electron chi connectivity index (χ0n) is 69.0. The number of aliphatic hydroxyl groups is 1. The van der Waals surface area contributed by atoms with Crippen molar-refractivity contribution < 1.29 is 80.2 Å². The molecule has 0 aromatic heterocycles. The Morgan fingerprint density at radius 1 is 0.276 bits per heavy atom. The summed E-state index contributed by atoms with van der Waals surface area (Å²) in [6.07, 6.45) is 69.3. The zero-order chi connectivity index (χ0) is 77.1. The highest BCUT2D eigenvalue weighted by Gasteiger charge is 2.30. The summed E-state index contributed by atoms with van der Waals surface area (Å²) in [5.74, 6) is -0.417. The van der Waals surface area contributed by atoms with E-state index in [1.807, 2.05) is 0 Å². The molecular weight excluding hydrogens is 1370 g/mol. The van der Waals surface area contributed by atoms with Gasteiger partial charge in [-0.25, -0.2) is 9.13 Å². The third-order valence-electron chi connectivity index (χ3n) is 20.6. The summed E-state index contributed by atoms with van der Waals surface area (Å²) in [6.45, 7) is 9.77. The molecule has 0 rings (SSSR count). The van der Waals surface area contributed by atoms with Crippen molar-refractivity contribution in [3.8, 4) is 0 Å². The van der Waals surface area contributed by atoms with Gasteiger partial charge in [0.15, 0.2) is 12.2 Å². The van der Waals surface area contributed by atoms with Crippen molar-refractivity contribution in [1.82, 2.24) is 0 Å². The predicted octanol–water partition coefficient (Wildman–Crippen LogP) is 26.2. The van der Waals surface area contributed by atoms with Crippen LogP contribution < -0.4 is 0 Å². The van der Waals surface area contributed by atoms with Crippen molar-refractivity contribution in [2.75, 3.05) is 39.6 Å². The van der Waals surface area contributed by atoms with Crippen LogP contribution in [0, 0.1) is 11.8 Å². The van der Waals surface area contributed by atoms with Crippen molar-refractivity contribution in [2.24, 2.45) is 11.8 Å². The molecule has 6 atom stereocenters. The zero-order valence-corrected chi connectivity index (χ0v) is 70.8. The molecule has 0 aromatic carbocycles. The lowest BCUT2D eigenvalue weighted by molar-refractivity contribution is -0.161. The Kier molecular flexibility index (Phi) is 76.0. The minimum Gasteiger partial charge on any atom is -0.462 e. The molecule has 105 heavy (non-hydrogen) atoms. The van der Waals surface area contributed by atoms with E-state index in [2.05, 4.69) is 41.5 Å². The van der Waals surface area contributed by atoms with E-state index in [0.29, 0.717) is 25.7 Å².